The molecule has 4 heteroatoms. The number of carbonyl (C=O) groups excluding carboxylic acids is 1. The van der Waals surface area contributed by atoms with Crippen molar-refractivity contribution in [1.82, 2.24) is 4.90 Å². The molecule has 1 saturated carbocycles. The van der Waals surface area contributed by atoms with Crippen LogP contribution in [0.15, 0.2) is 24.3 Å². The molecular formula is C15H22N2O2. The van der Waals surface area contributed by atoms with Gasteiger partial charge in [-0.3, -0.25) is 4.79 Å². The first kappa shape index (κ1) is 13.9. The Morgan fingerprint density at radius 3 is 2.53 bits per heavy atom. The molecule has 1 fully saturated rings. The Bertz CT molecular complexity index is 438. The van der Waals surface area contributed by atoms with Gasteiger partial charge in [0.25, 0.3) is 0 Å². The maximum atomic E-state index is 11.9. The molecule has 104 valence electrons. The molecule has 1 aromatic carbocycles. The van der Waals surface area contributed by atoms with Gasteiger partial charge in [-0.15, -0.1) is 0 Å². The van der Waals surface area contributed by atoms with Crippen LogP contribution in [-0.4, -0.2) is 37.0 Å². The number of hydrogen-bond donors (Lipinski definition) is 1. The molecule has 19 heavy (non-hydrogen) atoms. The number of carbonyl (C=O) groups is 1. The van der Waals surface area contributed by atoms with Crippen molar-refractivity contribution in [2.75, 3.05) is 20.7 Å². The molecule has 2 rings (SSSR count). The number of amides is 1. The zero-order valence-electron chi connectivity index (χ0n) is 11.7. The van der Waals surface area contributed by atoms with Gasteiger partial charge in [0, 0.05) is 13.6 Å². The average Bonchev–Trinajstić information content (AvgIpc) is 3.18. The van der Waals surface area contributed by atoms with Crippen LogP contribution in [0.1, 0.15) is 24.8 Å². The van der Waals surface area contributed by atoms with E-state index in [0.29, 0.717) is 0 Å². The van der Waals surface area contributed by atoms with Crippen LogP contribution in [0, 0.1) is 0 Å². The van der Waals surface area contributed by atoms with Crippen LogP contribution in [0.3, 0.4) is 0 Å². The molecule has 1 aliphatic rings. The van der Waals surface area contributed by atoms with E-state index < -0.39 is 5.54 Å². The second-order valence-electron chi connectivity index (χ2n) is 5.33. The number of rotatable bonds is 6. The molecule has 0 aromatic heterocycles. The number of benzene rings is 1. The minimum absolute atomic E-state index is 0.0854. The molecule has 4 nitrogen and oxygen atoms in total. The van der Waals surface area contributed by atoms with E-state index >= 15 is 0 Å². The van der Waals surface area contributed by atoms with E-state index in [2.05, 4.69) is 12.1 Å². The minimum Gasteiger partial charge on any atom is -0.497 e. The maximum absolute atomic E-state index is 11.9. The molecule has 1 amide bonds. The average molecular weight is 262 g/mol. The molecule has 0 saturated heterocycles. The maximum Gasteiger partial charge on any atom is 0.242 e. The van der Waals surface area contributed by atoms with Gasteiger partial charge in [-0.2, -0.15) is 0 Å². The smallest absolute Gasteiger partial charge is 0.242 e. The second-order valence-corrected chi connectivity index (χ2v) is 5.33. The van der Waals surface area contributed by atoms with E-state index in [4.69, 9.17) is 10.5 Å². The fourth-order valence-electron chi connectivity index (χ4n) is 2.14. The Balaban J connectivity index is 1.75. The molecule has 2 N–H and O–H groups in total. The molecule has 1 aliphatic carbocycles. The van der Waals surface area contributed by atoms with Crippen LogP contribution in [0.4, 0.5) is 0 Å². The summed E-state index contributed by atoms with van der Waals surface area (Å²) in [7, 11) is 3.50. The van der Waals surface area contributed by atoms with Crippen LogP contribution in [0.25, 0.3) is 0 Å². The van der Waals surface area contributed by atoms with Gasteiger partial charge in [0.1, 0.15) is 5.75 Å². The van der Waals surface area contributed by atoms with Crippen molar-refractivity contribution in [3.63, 3.8) is 0 Å². The van der Waals surface area contributed by atoms with Crippen LogP contribution in [0.5, 0.6) is 5.75 Å². The molecule has 0 radical (unpaired) electrons. The number of likely N-dealkylation sites (N-methyl/N-ethyl adjacent to an activating group) is 1. The molecule has 0 bridgehead atoms. The zero-order chi connectivity index (χ0) is 13.9. The van der Waals surface area contributed by atoms with Gasteiger partial charge in [-0.05, 0) is 43.4 Å². The Morgan fingerprint density at radius 1 is 1.37 bits per heavy atom. The zero-order valence-corrected chi connectivity index (χ0v) is 11.7. The van der Waals surface area contributed by atoms with Crippen molar-refractivity contribution >= 4 is 5.91 Å². The van der Waals surface area contributed by atoms with E-state index in [0.717, 1.165) is 38.0 Å². The predicted molar refractivity (Wildman–Crippen MR) is 75.1 cm³/mol. The summed E-state index contributed by atoms with van der Waals surface area (Å²) in [6, 6.07) is 8.05. The largest absolute Gasteiger partial charge is 0.497 e. The van der Waals surface area contributed by atoms with Gasteiger partial charge in [0.15, 0.2) is 0 Å². The van der Waals surface area contributed by atoms with Gasteiger partial charge in [0.2, 0.25) is 5.91 Å². The highest BCUT2D eigenvalue weighted by molar-refractivity contribution is 5.88. The summed E-state index contributed by atoms with van der Waals surface area (Å²) in [6.07, 6.45) is 3.56. The lowest BCUT2D eigenvalue weighted by Gasteiger charge is -2.20. The Hall–Kier alpha value is -1.55. The third-order valence-electron chi connectivity index (χ3n) is 3.68. The number of methoxy groups -OCH3 is 1. The lowest BCUT2D eigenvalue weighted by molar-refractivity contribution is -0.132. The lowest BCUT2D eigenvalue weighted by atomic mass is 10.1. The summed E-state index contributed by atoms with van der Waals surface area (Å²) in [4.78, 5) is 13.7. The summed E-state index contributed by atoms with van der Waals surface area (Å²) >= 11 is 0. The van der Waals surface area contributed by atoms with Crippen LogP contribution in [-0.2, 0) is 11.2 Å². The van der Waals surface area contributed by atoms with Crippen molar-refractivity contribution in [3.8, 4) is 5.75 Å². The van der Waals surface area contributed by atoms with Crippen molar-refractivity contribution in [1.29, 1.82) is 0 Å². The van der Waals surface area contributed by atoms with E-state index in [1.54, 1.807) is 12.0 Å². The predicted octanol–water partition coefficient (Wildman–Crippen LogP) is 1.58. The summed E-state index contributed by atoms with van der Waals surface area (Å²) in [5.74, 6) is 0.956. The lowest BCUT2D eigenvalue weighted by Crippen LogP contribution is -2.44. The highest BCUT2D eigenvalue weighted by atomic mass is 16.5. The van der Waals surface area contributed by atoms with Crippen LogP contribution in [0.2, 0.25) is 0 Å². The summed E-state index contributed by atoms with van der Waals surface area (Å²) in [6.45, 7) is 0.754. The Kier molecular flexibility index (Phi) is 4.10. The van der Waals surface area contributed by atoms with Crippen molar-refractivity contribution in [3.05, 3.63) is 29.8 Å². The van der Waals surface area contributed by atoms with Crippen molar-refractivity contribution in [2.24, 2.45) is 5.73 Å². The monoisotopic (exact) mass is 262 g/mol. The van der Waals surface area contributed by atoms with Gasteiger partial charge in [0.05, 0.1) is 12.6 Å². The first-order chi connectivity index (χ1) is 9.05. The third kappa shape index (κ3) is 3.47. The second kappa shape index (κ2) is 5.61. The first-order valence-electron chi connectivity index (χ1n) is 6.72. The first-order valence-corrected chi connectivity index (χ1v) is 6.72. The van der Waals surface area contributed by atoms with Gasteiger partial charge < -0.3 is 15.4 Å². The molecule has 0 heterocycles. The van der Waals surface area contributed by atoms with Gasteiger partial charge in [-0.1, -0.05) is 12.1 Å². The number of aryl methyl sites for hydroxylation is 1. The molecule has 1 aromatic rings. The van der Waals surface area contributed by atoms with E-state index in [1.807, 2.05) is 19.2 Å². The van der Waals surface area contributed by atoms with E-state index in [-0.39, 0.29) is 5.91 Å². The molecule has 0 spiro atoms. The van der Waals surface area contributed by atoms with E-state index in [9.17, 15) is 4.79 Å². The molecule has 0 unspecified atom stereocenters. The third-order valence-corrected chi connectivity index (χ3v) is 3.68. The van der Waals surface area contributed by atoms with Crippen molar-refractivity contribution < 1.29 is 9.53 Å². The summed E-state index contributed by atoms with van der Waals surface area (Å²) in [5, 5.41) is 0. The molecular weight excluding hydrogens is 240 g/mol. The highest BCUT2D eigenvalue weighted by Gasteiger charge is 2.47. The summed E-state index contributed by atoms with van der Waals surface area (Å²) < 4.78 is 5.12. The highest BCUT2D eigenvalue weighted by Crippen LogP contribution is 2.33. The SMILES string of the molecule is COc1ccc(CCCN(C)C(=O)C2(N)CC2)cc1. The fraction of sp³-hybridized carbons (Fsp3) is 0.533. The topological polar surface area (TPSA) is 55.6 Å². The fourth-order valence-corrected chi connectivity index (χ4v) is 2.14. The molecule has 0 aliphatic heterocycles. The Labute approximate surface area is 114 Å². The Morgan fingerprint density at radius 2 is 2.00 bits per heavy atom. The number of nitrogens with two attached hydrogens (primary N) is 1. The van der Waals surface area contributed by atoms with Gasteiger partial charge in [-0.25, -0.2) is 0 Å². The van der Waals surface area contributed by atoms with E-state index in [1.165, 1.54) is 5.56 Å². The number of nitrogens with zero attached hydrogens (tertiary/aromatic N) is 1. The van der Waals surface area contributed by atoms with Crippen LogP contribution >= 0.6 is 0 Å². The normalized spacial score (nSPS) is 15.9. The van der Waals surface area contributed by atoms with Gasteiger partial charge >= 0.3 is 0 Å². The summed E-state index contributed by atoms with van der Waals surface area (Å²) in [5.41, 5.74) is 6.61. The quantitative estimate of drug-likeness (QED) is 0.846. The van der Waals surface area contributed by atoms with Crippen molar-refractivity contribution in [2.45, 2.75) is 31.2 Å². The standard InChI is InChI=1S/C15H22N2O2/c1-17(14(18)15(16)9-10-15)11-3-4-12-5-7-13(19-2)8-6-12/h5-8H,3-4,9-11,16H2,1-2H3. The van der Waals surface area contributed by atoms with Crippen LogP contribution < -0.4 is 10.5 Å². The minimum atomic E-state index is -0.547. The number of hydrogen-bond acceptors (Lipinski definition) is 3. The number of ether oxygens (including phenoxy) is 1. The molecule has 0 atom stereocenters.